The van der Waals surface area contributed by atoms with Crippen LogP contribution in [0.15, 0.2) is 30.3 Å². The monoisotopic (exact) mass is 263 g/mol. The number of carbonyl (C=O) groups excluding carboxylic acids is 2. The van der Waals surface area contributed by atoms with Crippen LogP contribution in [0.4, 0.5) is 4.79 Å². The molecule has 0 atom stereocenters. The van der Waals surface area contributed by atoms with E-state index in [4.69, 9.17) is 4.74 Å². The molecule has 1 N–H and O–H groups in total. The van der Waals surface area contributed by atoms with Gasteiger partial charge in [-0.05, 0) is 31.5 Å². The van der Waals surface area contributed by atoms with Crippen molar-refractivity contribution in [3.05, 3.63) is 35.9 Å². The van der Waals surface area contributed by atoms with Gasteiger partial charge in [0.05, 0.1) is 5.92 Å². The molecule has 0 amide bonds. The van der Waals surface area contributed by atoms with Crippen LogP contribution in [0.2, 0.25) is 0 Å². The number of ether oxygens (including phenoxy) is 2. The van der Waals surface area contributed by atoms with Crippen molar-refractivity contribution in [1.29, 1.82) is 0 Å². The van der Waals surface area contributed by atoms with Crippen molar-refractivity contribution in [2.45, 2.75) is 19.4 Å². The molecule has 1 aromatic carbocycles. The Morgan fingerprint density at radius 3 is 2.53 bits per heavy atom. The Morgan fingerprint density at radius 1 is 1.16 bits per heavy atom. The van der Waals surface area contributed by atoms with Crippen LogP contribution in [0.1, 0.15) is 18.4 Å². The van der Waals surface area contributed by atoms with E-state index in [-0.39, 0.29) is 12.5 Å². The number of nitrogens with one attached hydrogen (secondary N) is 1. The molecular weight excluding hydrogens is 246 g/mol. The molecule has 0 aromatic heterocycles. The second-order valence-corrected chi connectivity index (χ2v) is 4.47. The SMILES string of the molecule is O=C(OCc1ccccc1)OC(=O)C1CCNCC1. The number of esters is 1. The molecule has 102 valence electrons. The molecule has 0 spiro atoms. The summed E-state index contributed by atoms with van der Waals surface area (Å²) in [6, 6.07) is 9.25. The van der Waals surface area contributed by atoms with Crippen molar-refractivity contribution in [3.8, 4) is 0 Å². The molecule has 2 rings (SSSR count). The highest BCUT2D eigenvalue weighted by Gasteiger charge is 2.25. The average molecular weight is 263 g/mol. The molecular formula is C14H17NO4. The van der Waals surface area contributed by atoms with Crippen LogP contribution < -0.4 is 5.32 Å². The van der Waals surface area contributed by atoms with Gasteiger partial charge in [-0.25, -0.2) is 4.79 Å². The highest BCUT2D eigenvalue weighted by atomic mass is 16.7. The molecule has 5 heteroatoms. The zero-order valence-corrected chi connectivity index (χ0v) is 10.6. The zero-order valence-electron chi connectivity index (χ0n) is 10.6. The number of hydrogen-bond donors (Lipinski definition) is 1. The molecule has 19 heavy (non-hydrogen) atoms. The summed E-state index contributed by atoms with van der Waals surface area (Å²) < 4.78 is 9.58. The third-order valence-corrected chi connectivity index (χ3v) is 3.06. The predicted molar refractivity (Wildman–Crippen MR) is 68.3 cm³/mol. The first-order valence-corrected chi connectivity index (χ1v) is 6.39. The first kappa shape index (κ1) is 13.5. The minimum Gasteiger partial charge on any atom is -0.429 e. The van der Waals surface area contributed by atoms with E-state index in [1.807, 2.05) is 30.3 Å². The van der Waals surface area contributed by atoms with E-state index in [0.29, 0.717) is 12.8 Å². The summed E-state index contributed by atoms with van der Waals surface area (Å²) in [5, 5.41) is 3.15. The van der Waals surface area contributed by atoms with Crippen LogP contribution >= 0.6 is 0 Å². The number of carbonyl (C=O) groups is 2. The van der Waals surface area contributed by atoms with Crippen molar-refractivity contribution in [1.82, 2.24) is 5.32 Å². The molecule has 1 aliphatic rings. The Bertz CT molecular complexity index is 426. The molecule has 0 bridgehead atoms. The maximum atomic E-state index is 11.7. The summed E-state index contributed by atoms with van der Waals surface area (Å²) in [6.07, 6.45) is 0.475. The van der Waals surface area contributed by atoms with Crippen molar-refractivity contribution < 1.29 is 19.1 Å². The van der Waals surface area contributed by atoms with E-state index in [1.165, 1.54) is 0 Å². The van der Waals surface area contributed by atoms with Gasteiger partial charge < -0.3 is 14.8 Å². The van der Waals surface area contributed by atoms with Gasteiger partial charge in [-0.15, -0.1) is 0 Å². The molecule has 0 radical (unpaired) electrons. The van der Waals surface area contributed by atoms with E-state index in [1.54, 1.807) is 0 Å². The molecule has 0 aliphatic carbocycles. The lowest BCUT2D eigenvalue weighted by atomic mass is 9.99. The average Bonchev–Trinajstić information content (AvgIpc) is 2.47. The molecule has 5 nitrogen and oxygen atoms in total. The summed E-state index contributed by atoms with van der Waals surface area (Å²) in [5.41, 5.74) is 0.855. The van der Waals surface area contributed by atoms with Crippen LogP contribution in [-0.4, -0.2) is 25.2 Å². The molecule has 1 saturated heterocycles. The fraction of sp³-hybridized carbons (Fsp3) is 0.429. The normalized spacial score (nSPS) is 15.8. The minimum absolute atomic E-state index is 0.110. The van der Waals surface area contributed by atoms with E-state index in [2.05, 4.69) is 10.1 Å². The lowest BCUT2D eigenvalue weighted by Crippen LogP contribution is -2.33. The van der Waals surface area contributed by atoms with Gasteiger partial charge >= 0.3 is 12.1 Å². The van der Waals surface area contributed by atoms with E-state index in [9.17, 15) is 9.59 Å². The third kappa shape index (κ3) is 4.37. The minimum atomic E-state index is -0.924. The summed E-state index contributed by atoms with van der Waals surface area (Å²) in [7, 11) is 0. The molecule has 1 aliphatic heterocycles. The number of hydrogen-bond acceptors (Lipinski definition) is 5. The summed E-state index contributed by atoms with van der Waals surface area (Å²) in [5.74, 6) is -0.690. The van der Waals surface area contributed by atoms with E-state index < -0.39 is 12.1 Å². The first-order valence-electron chi connectivity index (χ1n) is 6.39. The summed E-state index contributed by atoms with van der Waals surface area (Å²) in [6.45, 7) is 1.66. The van der Waals surface area contributed by atoms with Crippen LogP contribution in [0.25, 0.3) is 0 Å². The number of benzene rings is 1. The smallest absolute Gasteiger partial charge is 0.429 e. The Hall–Kier alpha value is -1.88. The van der Waals surface area contributed by atoms with Gasteiger partial charge in [-0.2, -0.15) is 0 Å². The van der Waals surface area contributed by atoms with Gasteiger partial charge in [0.2, 0.25) is 0 Å². The van der Waals surface area contributed by atoms with Crippen molar-refractivity contribution in [2.24, 2.45) is 5.92 Å². The molecule has 0 unspecified atom stereocenters. The zero-order chi connectivity index (χ0) is 13.5. The molecule has 1 heterocycles. The first-order chi connectivity index (χ1) is 9.25. The quantitative estimate of drug-likeness (QED) is 0.666. The fourth-order valence-corrected chi connectivity index (χ4v) is 1.97. The maximum Gasteiger partial charge on any atom is 0.516 e. The van der Waals surface area contributed by atoms with Crippen LogP contribution in [0.3, 0.4) is 0 Å². The predicted octanol–water partition coefficient (Wildman–Crippen LogP) is 1.87. The lowest BCUT2D eigenvalue weighted by Gasteiger charge is -2.20. The van der Waals surface area contributed by atoms with Crippen LogP contribution in [-0.2, 0) is 20.9 Å². The summed E-state index contributed by atoms with van der Waals surface area (Å²) in [4.78, 5) is 23.1. The third-order valence-electron chi connectivity index (χ3n) is 3.06. The fourth-order valence-electron chi connectivity index (χ4n) is 1.97. The van der Waals surface area contributed by atoms with E-state index >= 15 is 0 Å². The maximum absolute atomic E-state index is 11.7. The van der Waals surface area contributed by atoms with Gasteiger partial charge in [0.1, 0.15) is 6.61 Å². The second-order valence-electron chi connectivity index (χ2n) is 4.47. The Balaban J connectivity index is 1.73. The van der Waals surface area contributed by atoms with Crippen LogP contribution in [0.5, 0.6) is 0 Å². The van der Waals surface area contributed by atoms with Crippen molar-refractivity contribution >= 4 is 12.1 Å². The molecule has 1 fully saturated rings. The van der Waals surface area contributed by atoms with Crippen LogP contribution in [0, 0.1) is 5.92 Å². The van der Waals surface area contributed by atoms with Gasteiger partial charge in [0.25, 0.3) is 0 Å². The van der Waals surface area contributed by atoms with Crippen molar-refractivity contribution in [3.63, 3.8) is 0 Å². The van der Waals surface area contributed by atoms with Gasteiger partial charge in [0.15, 0.2) is 0 Å². The Labute approximate surface area is 111 Å². The summed E-state index contributed by atoms with van der Waals surface area (Å²) >= 11 is 0. The van der Waals surface area contributed by atoms with E-state index in [0.717, 1.165) is 18.7 Å². The van der Waals surface area contributed by atoms with Gasteiger partial charge in [0, 0.05) is 0 Å². The molecule has 0 saturated carbocycles. The number of rotatable bonds is 3. The van der Waals surface area contributed by atoms with Gasteiger partial charge in [-0.3, -0.25) is 4.79 Å². The standard InChI is InChI=1S/C14H17NO4/c16-13(12-6-8-15-9-7-12)19-14(17)18-10-11-4-2-1-3-5-11/h1-5,12,15H,6-10H2. The Morgan fingerprint density at radius 2 is 1.84 bits per heavy atom. The van der Waals surface area contributed by atoms with Gasteiger partial charge in [-0.1, -0.05) is 30.3 Å². The largest absolute Gasteiger partial charge is 0.516 e. The second kappa shape index (κ2) is 6.89. The molecule has 1 aromatic rings. The highest BCUT2D eigenvalue weighted by molar-refractivity contribution is 5.83. The lowest BCUT2D eigenvalue weighted by molar-refractivity contribution is -0.145. The number of piperidine rings is 1. The topological polar surface area (TPSA) is 64.6 Å². The van der Waals surface area contributed by atoms with Crippen molar-refractivity contribution in [2.75, 3.05) is 13.1 Å². The highest BCUT2D eigenvalue weighted by Crippen LogP contribution is 2.14. The Kier molecular flexibility index (Phi) is 4.92.